The second-order valence-corrected chi connectivity index (χ2v) is 11.2. The van der Waals surface area contributed by atoms with E-state index in [-0.39, 0.29) is 18.3 Å². The van der Waals surface area contributed by atoms with Crippen LogP contribution in [-0.4, -0.2) is 31.4 Å². The number of allylic oxidation sites excluding steroid dienone is 1. The minimum absolute atomic E-state index is 0.121. The van der Waals surface area contributed by atoms with E-state index in [4.69, 9.17) is 9.72 Å². The summed E-state index contributed by atoms with van der Waals surface area (Å²) in [5.41, 5.74) is 6.17. The first-order chi connectivity index (χ1) is 18.9. The number of thiazole rings is 1. The molecule has 9 heteroatoms. The molecule has 198 valence electrons. The van der Waals surface area contributed by atoms with E-state index in [1.54, 1.807) is 17.4 Å². The highest BCUT2D eigenvalue weighted by Crippen LogP contribution is 2.31. The summed E-state index contributed by atoms with van der Waals surface area (Å²) in [7, 11) is 0. The summed E-state index contributed by atoms with van der Waals surface area (Å²) in [6.45, 7) is 10.8. The molecule has 0 aliphatic rings. The fraction of sp³-hybridized carbons (Fsp3) is 0.200. The summed E-state index contributed by atoms with van der Waals surface area (Å²) in [6.07, 6.45) is 1.78. The molecule has 2 aromatic heterocycles. The Morgan fingerprint density at radius 2 is 1.82 bits per heavy atom. The van der Waals surface area contributed by atoms with E-state index in [1.807, 2.05) is 60.9 Å². The van der Waals surface area contributed by atoms with Gasteiger partial charge in [-0.05, 0) is 79.9 Å². The number of hydrogen-bond acceptors (Lipinski definition) is 7. The van der Waals surface area contributed by atoms with Gasteiger partial charge in [-0.1, -0.05) is 36.0 Å². The number of carbonyl (C=O) groups is 1. The van der Waals surface area contributed by atoms with Crippen LogP contribution in [0.3, 0.4) is 0 Å². The predicted molar refractivity (Wildman–Crippen MR) is 160 cm³/mol. The van der Waals surface area contributed by atoms with Crippen LogP contribution in [0.4, 0.5) is 5.69 Å². The van der Waals surface area contributed by atoms with E-state index >= 15 is 0 Å². The van der Waals surface area contributed by atoms with E-state index in [2.05, 4.69) is 47.2 Å². The lowest BCUT2D eigenvalue weighted by atomic mass is 10.1. The van der Waals surface area contributed by atoms with Crippen LogP contribution in [-0.2, 0) is 17.9 Å². The predicted octanol–water partition coefficient (Wildman–Crippen LogP) is 6.98. The number of nitrogens with zero attached hydrogens (tertiary/aromatic N) is 4. The van der Waals surface area contributed by atoms with Gasteiger partial charge in [-0.25, -0.2) is 4.98 Å². The SMILES string of the molecule is C=CCn1c(COc2cc(C)ccc2C)nnc1SCC(=O)Nc1ccc(-c2nc3ccc(C)cc3s2)cc1. The molecule has 3 aromatic carbocycles. The topological polar surface area (TPSA) is 81.9 Å². The summed E-state index contributed by atoms with van der Waals surface area (Å²) in [4.78, 5) is 17.4. The molecule has 1 N–H and O–H groups in total. The first-order valence-corrected chi connectivity index (χ1v) is 14.3. The Hall–Kier alpha value is -3.95. The summed E-state index contributed by atoms with van der Waals surface area (Å²) < 4.78 is 9.11. The van der Waals surface area contributed by atoms with Crippen molar-refractivity contribution in [2.24, 2.45) is 0 Å². The fourth-order valence-corrected chi connectivity index (χ4v) is 5.86. The zero-order valence-electron chi connectivity index (χ0n) is 22.1. The summed E-state index contributed by atoms with van der Waals surface area (Å²) in [6, 6.07) is 20.1. The third-order valence-corrected chi connectivity index (χ3v) is 8.13. The molecule has 0 bridgehead atoms. The van der Waals surface area contributed by atoms with Gasteiger partial charge >= 0.3 is 0 Å². The lowest BCUT2D eigenvalue weighted by Gasteiger charge is -2.11. The van der Waals surface area contributed by atoms with Crippen LogP contribution in [0, 0.1) is 20.8 Å². The van der Waals surface area contributed by atoms with E-state index < -0.39 is 0 Å². The van der Waals surface area contributed by atoms with E-state index in [0.29, 0.717) is 17.5 Å². The van der Waals surface area contributed by atoms with E-state index in [0.717, 1.165) is 38.7 Å². The van der Waals surface area contributed by atoms with Gasteiger partial charge in [0.15, 0.2) is 11.0 Å². The Balaban J connectivity index is 1.19. The van der Waals surface area contributed by atoms with Crippen molar-refractivity contribution >= 4 is 44.9 Å². The number of aromatic nitrogens is 4. The van der Waals surface area contributed by atoms with Crippen molar-refractivity contribution in [3.8, 4) is 16.3 Å². The molecular formula is C30H29N5O2S2. The Kier molecular flexibility index (Phi) is 8.09. The van der Waals surface area contributed by atoms with Crippen LogP contribution in [0.2, 0.25) is 0 Å². The molecule has 0 saturated carbocycles. The molecular weight excluding hydrogens is 526 g/mol. The van der Waals surface area contributed by atoms with Crippen LogP contribution in [0.5, 0.6) is 5.75 Å². The molecule has 5 rings (SSSR count). The Bertz CT molecular complexity index is 1640. The number of aryl methyl sites for hydroxylation is 3. The van der Waals surface area contributed by atoms with Crippen molar-refractivity contribution in [3.63, 3.8) is 0 Å². The smallest absolute Gasteiger partial charge is 0.234 e. The van der Waals surface area contributed by atoms with Crippen molar-refractivity contribution in [1.29, 1.82) is 0 Å². The van der Waals surface area contributed by atoms with Crippen molar-refractivity contribution in [1.82, 2.24) is 19.7 Å². The number of rotatable bonds is 10. The number of carbonyl (C=O) groups excluding carboxylic acids is 1. The minimum Gasteiger partial charge on any atom is -0.485 e. The number of thioether (sulfide) groups is 1. The Morgan fingerprint density at radius 3 is 2.62 bits per heavy atom. The molecule has 0 saturated heterocycles. The van der Waals surface area contributed by atoms with E-state index in [1.165, 1.54) is 22.0 Å². The number of amides is 1. The standard InChI is InChI=1S/C30H29N5O2S2/c1-5-14-35-27(17-37-25-15-19(2)6-8-21(25)4)33-34-30(35)38-18-28(36)31-23-11-9-22(10-12-23)29-32-24-13-7-20(3)16-26(24)39-29/h5-13,15-16H,1,14,17-18H2,2-4H3,(H,31,36). The maximum atomic E-state index is 12.7. The van der Waals surface area contributed by atoms with Crippen molar-refractivity contribution in [2.75, 3.05) is 11.1 Å². The quantitative estimate of drug-likeness (QED) is 0.148. The molecule has 0 atom stereocenters. The van der Waals surface area contributed by atoms with Gasteiger partial charge in [0, 0.05) is 17.8 Å². The summed E-state index contributed by atoms with van der Waals surface area (Å²) in [5.74, 6) is 1.58. The molecule has 7 nitrogen and oxygen atoms in total. The third-order valence-electron chi connectivity index (χ3n) is 6.10. The van der Waals surface area contributed by atoms with Crippen molar-refractivity contribution in [3.05, 3.63) is 95.8 Å². The highest BCUT2D eigenvalue weighted by atomic mass is 32.2. The van der Waals surface area contributed by atoms with Gasteiger partial charge in [0.2, 0.25) is 5.91 Å². The van der Waals surface area contributed by atoms with Crippen LogP contribution in [0.25, 0.3) is 20.8 Å². The summed E-state index contributed by atoms with van der Waals surface area (Å²) >= 11 is 3.00. The maximum absolute atomic E-state index is 12.7. The first kappa shape index (κ1) is 26.6. The maximum Gasteiger partial charge on any atom is 0.234 e. The van der Waals surface area contributed by atoms with Crippen LogP contribution in [0.1, 0.15) is 22.5 Å². The lowest BCUT2D eigenvalue weighted by Crippen LogP contribution is -2.15. The molecule has 0 unspecified atom stereocenters. The van der Waals surface area contributed by atoms with E-state index in [9.17, 15) is 4.79 Å². The van der Waals surface area contributed by atoms with Gasteiger partial charge in [-0.2, -0.15) is 0 Å². The number of benzene rings is 3. The molecule has 0 aliphatic heterocycles. The fourth-order valence-electron chi connectivity index (χ4n) is 4.03. The van der Waals surface area contributed by atoms with Crippen LogP contribution in [0.15, 0.2) is 78.5 Å². The van der Waals surface area contributed by atoms with Gasteiger partial charge in [-0.15, -0.1) is 28.1 Å². The van der Waals surface area contributed by atoms with Crippen molar-refractivity contribution in [2.45, 2.75) is 39.1 Å². The number of ether oxygens (including phenoxy) is 1. The van der Waals surface area contributed by atoms with Gasteiger partial charge in [0.05, 0.1) is 16.0 Å². The van der Waals surface area contributed by atoms with Gasteiger partial charge in [-0.3, -0.25) is 9.36 Å². The van der Waals surface area contributed by atoms with Crippen LogP contribution < -0.4 is 10.1 Å². The van der Waals surface area contributed by atoms with Gasteiger partial charge in [0.25, 0.3) is 0 Å². The lowest BCUT2D eigenvalue weighted by molar-refractivity contribution is -0.113. The average Bonchev–Trinajstić information content (AvgIpc) is 3.52. The monoisotopic (exact) mass is 555 g/mol. The number of nitrogens with one attached hydrogen (secondary N) is 1. The molecule has 0 radical (unpaired) electrons. The molecule has 39 heavy (non-hydrogen) atoms. The first-order valence-electron chi connectivity index (χ1n) is 12.5. The molecule has 2 heterocycles. The zero-order valence-corrected chi connectivity index (χ0v) is 23.7. The highest BCUT2D eigenvalue weighted by Gasteiger charge is 2.15. The number of anilines is 1. The zero-order chi connectivity index (χ0) is 27.4. The molecule has 0 fully saturated rings. The molecule has 5 aromatic rings. The third kappa shape index (κ3) is 6.38. The van der Waals surface area contributed by atoms with Gasteiger partial charge in [0.1, 0.15) is 17.4 Å². The van der Waals surface area contributed by atoms with Crippen LogP contribution >= 0.6 is 23.1 Å². The second kappa shape index (κ2) is 11.8. The Morgan fingerprint density at radius 1 is 1.05 bits per heavy atom. The van der Waals surface area contributed by atoms with Gasteiger partial charge < -0.3 is 10.1 Å². The minimum atomic E-state index is -0.121. The average molecular weight is 556 g/mol. The second-order valence-electron chi connectivity index (χ2n) is 9.26. The van der Waals surface area contributed by atoms with Crippen molar-refractivity contribution < 1.29 is 9.53 Å². The molecule has 0 aliphatic carbocycles. The normalized spacial score (nSPS) is 11.1. The Labute approximate surface area is 236 Å². The molecule has 0 spiro atoms. The molecule has 1 amide bonds. The number of fused-ring (bicyclic) bond motifs is 1. The number of hydrogen-bond donors (Lipinski definition) is 1. The highest BCUT2D eigenvalue weighted by molar-refractivity contribution is 7.99. The largest absolute Gasteiger partial charge is 0.485 e. The summed E-state index contributed by atoms with van der Waals surface area (Å²) in [5, 5.41) is 13.2.